The third-order valence-corrected chi connectivity index (χ3v) is 5.57. The van der Waals surface area contributed by atoms with Crippen LogP contribution < -0.4 is 0 Å². The molecular formula is C21H16Cl3NOS. The number of nitrogens with zero attached hydrogens (tertiary/aromatic N) is 1. The molecule has 2 nitrogen and oxygen atoms in total. The molecule has 0 unspecified atom stereocenters. The highest BCUT2D eigenvalue weighted by molar-refractivity contribution is 8.00. The minimum Gasteiger partial charge on any atom is -0.391 e. The lowest BCUT2D eigenvalue weighted by molar-refractivity contribution is 0.130. The number of hydrogen-bond donors (Lipinski definition) is 0. The first-order chi connectivity index (χ1) is 13.1. The maximum Gasteiger partial charge on any atom is 0.143 e. The minimum atomic E-state index is 0.276. The predicted octanol–water partition coefficient (Wildman–Crippen LogP) is 7.36. The van der Waals surface area contributed by atoms with Gasteiger partial charge in [0.1, 0.15) is 6.61 Å². The van der Waals surface area contributed by atoms with Gasteiger partial charge in [0.05, 0.1) is 5.71 Å². The summed E-state index contributed by atoms with van der Waals surface area (Å²) in [5.41, 5.74) is 2.70. The maximum atomic E-state index is 6.19. The van der Waals surface area contributed by atoms with Crippen molar-refractivity contribution >= 4 is 52.3 Å². The van der Waals surface area contributed by atoms with E-state index in [4.69, 9.17) is 39.6 Å². The fourth-order valence-corrected chi connectivity index (χ4v) is 3.73. The molecule has 6 heteroatoms. The van der Waals surface area contributed by atoms with Crippen LogP contribution in [-0.2, 0) is 11.4 Å². The Balaban J connectivity index is 1.71. The summed E-state index contributed by atoms with van der Waals surface area (Å²) in [6.45, 7) is 0.276. The lowest BCUT2D eigenvalue weighted by Crippen LogP contribution is -2.06. The fraction of sp³-hybridized carbons (Fsp3) is 0.0952. The Hall–Kier alpha value is -1.65. The van der Waals surface area contributed by atoms with E-state index >= 15 is 0 Å². The molecule has 138 valence electrons. The van der Waals surface area contributed by atoms with Crippen molar-refractivity contribution in [3.05, 3.63) is 99.0 Å². The highest BCUT2D eigenvalue weighted by atomic mass is 35.5. The monoisotopic (exact) mass is 435 g/mol. The SMILES string of the molecule is Clc1ccc(SC/C(=N\OCc2ccc(Cl)cc2Cl)c2ccccc2)cc1. The van der Waals surface area contributed by atoms with Crippen LogP contribution in [0.4, 0.5) is 0 Å². The van der Waals surface area contributed by atoms with Gasteiger partial charge in [-0.1, -0.05) is 76.4 Å². The molecule has 0 aromatic heterocycles. The molecule has 0 atom stereocenters. The zero-order valence-corrected chi connectivity index (χ0v) is 17.3. The van der Waals surface area contributed by atoms with E-state index in [2.05, 4.69) is 5.16 Å². The quantitative estimate of drug-likeness (QED) is 0.219. The van der Waals surface area contributed by atoms with Crippen LogP contribution in [-0.4, -0.2) is 11.5 Å². The van der Waals surface area contributed by atoms with E-state index in [-0.39, 0.29) is 6.61 Å². The molecule has 3 aromatic rings. The zero-order valence-electron chi connectivity index (χ0n) is 14.2. The Labute approximate surface area is 178 Å². The molecule has 0 aliphatic carbocycles. The number of halogens is 3. The Kier molecular flexibility index (Phi) is 7.48. The molecule has 0 amide bonds. The van der Waals surface area contributed by atoms with Crippen LogP contribution in [0.15, 0.2) is 82.8 Å². The highest BCUT2D eigenvalue weighted by Gasteiger charge is 2.07. The van der Waals surface area contributed by atoms with Gasteiger partial charge < -0.3 is 4.84 Å². The van der Waals surface area contributed by atoms with Gasteiger partial charge in [0.2, 0.25) is 0 Å². The Morgan fingerprint density at radius 2 is 1.56 bits per heavy atom. The molecule has 0 fully saturated rings. The number of hydrogen-bond acceptors (Lipinski definition) is 3. The van der Waals surface area contributed by atoms with Gasteiger partial charge in [-0.15, -0.1) is 11.8 Å². The maximum absolute atomic E-state index is 6.19. The van der Waals surface area contributed by atoms with Crippen molar-refractivity contribution in [2.75, 3.05) is 5.75 Å². The number of rotatable bonds is 7. The lowest BCUT2D eigenvalue weighted by atomic mass is 10.1. The molecule has 0 saturated carbocycles. The average Bonchev–Trinajstić information content (AvgIpc) is 2.68. The lowest BCUT2D eigenvalue weighted by Gasteiger charge is -2.08. The van der Waals surface area contributed by atoms with E-state index < -0.39 is 0 Å². The third kappa shape index (κ3) is 6.18. The molecule has 0 N–H and O–H groups in total. The van der Waals surface area contributed by atoms with Crippen molar-refractivity contribution in [2.24, 2.45) is 5.16 Å². The van der Waals surface area contributed by atoms with Crippen LogP contribution >= 0.6 is 46.6 Å². The van der Waals surface area contributed by atoms with Gasteiger partial charge in [0.15, 0.2) is 0 Å². The first kappa shape index (κ1) is 20.1. The van der Waals surface area contributed by atoms with Crippen molar-refractivity contribution in [1.82, 2.24) is 0 Å². The van der Waals surface area contributed by atoms with E-state index in [0.29, 0.717) is 15.8 Å². The second-order valence-corrected chi connectivity index (χ2v) is 7.98. The van der Waals surface area contributed by atoms with Gasteiger partial charge >= 0.3 is 0 Å². The van der Waals surface area contributed by atoms with Crippen LogP contribution in [0.5, 0.6) is 0 Å². The Bertz CT molecular complexity index is 914. The van der Waals surface area contributed by atoms with E-state index in [0.717, 1.165) is 26.8 Å². The van der Waals surface area contributed by atoms with Crippen LogP contribution in [0.1, 0.15) is 11.1 Å². The summed E-state index contributed by atoms with van der Waals surface area (Å²) in [6, 6.07) is 23.0. The van der Waals surface area contributed by atoms with Gasteiger partial charge in [-0.3, -0.25) is 0 Å². The minimum absolute atomic E-state index is 0.276. The second-order valence-electron chi connectivity index (χ2n) is 5.66. The van der Waals surface area contributed by atoms with Gasteiger partial charge in [-0.05, 0) is 36.4 Å². The van der Waals surface area contributed by atoms with Crippen molar-refractivity contribution in [1.29, 1.82) is 0 Å². The highest BCUT2D eigenvalue weighted by Crippen LogP contribution is 2.23. The topological polar surface area (TPSA) is 21.6 Å². The molecule has 3 aromatic carbocycles. The second kappa shape index (κ2) is 10.0. The van der Waals surface area contributed by atoms with Crippen molar-refractivity contribution < 1.29 is 4.84 Å². The van der Waals surface area contributed by atoms with Crippen LogP contribution in [0.2, 0.25) is 15.1 Å². The normalized spacial score (nSPS) is 11.4. The van der Waals surface area contributed by atoms with E-state index in [1.807, 2.05) is 60.7 Å². The summed E-state index contributed by atoms with van der Waals surface area (Å²) in [5, 5.41) is 6.24. The van der Waals surface area contributed by atoms with Gasteiger partial charge in [-0.2, -0.15) is 0 Å². The molecule has 0 bridgehead atoms. The standard InChI is InChI=1S/C21H16Cl3NOS/c22-17-8-10-19(11-9-17)27-14-21(15-4-2-1-3-5-15)25-26-13-16-6-7-18(23)12-20(16)24/h1-12H,13-14H2/b25-21+. The van der Waals surface area contributed by atoms with Crippen molar-refractivity contribution in [3.8, 4) is 0 Å². The molecule has 27 heavy (non-hydrogen) atoms. The molecule has 3 rings (SSSR count). The summed E-state index contributed by atoms with van der Waals surface area (Å²) in [7, 11) is 0. The van der Waals surface area contributed by atoms with Crippen LogP contribution in [0.3, 0.4) is 0 Å². The van der Waals surface area contributed by atoms with E-state index in [1.165, 1.54) is 0 Å². The Morgan fingerprint density at radius 3 is 2.26 bits per heavy atom. The average molecular weight is 437 g/mol. The molecule has 0 heterocycles. The molecule has 0 aliphatic rings. The first-order valence-electron chi connectivity index (χ1n) is 8.18. The summed E-state index contributed by atoms with van der Waals surface area (Å²) in [6.07, 6.45) is 0. The van der Waals surface area contributed by atoms with Crippen molar-refractivity contribution in [2.45, 2.75) is 11.5 Å². The van der Waals surface area contributed by atoms with Crippen LogP contribution in [0, 0.1) is 0 Å². The number of benzene rings is 3. The van der Waals surface area contributed by atoms with Gasteiger partial charge in [-0.25, -0.2) is 0 Å². The van der Waals surface area contributed by atoms with Gasteiger partial charge in [0.25, 0.3) is 0 Å². The first-order valence-corrected chi connectivity index (χ1v) is 10.3. The fourth-order valence-electron chi connectivity index (χ4n) is 2.29. The molecule has 0 spiro atoms. The van der Waals surface area contributed by atoms with E-state index in [9.17, 15) is 0 Å². The molecule has 0 radical (unpaired) electrons. The number of thioether (sulfide) groups is 1. The van der Waals surface area contributed by atoms with Gasteiger partial charge in [0, 0.05) is 36.8 Å². The number of oxime groups is 1. The largest absolute Gasteiger partial charge is 0.391 e. The molecule has 0 saturated heterocycles. The zero-order chi connectivity index (χ0) is 19.1. The summed E-state index contributed by atoms with van der Waals surface area (Å²) < 4.78 is 0. The molecule has 0 aliphatic heterocycles. The summed E-state index contributed by atoms with van der Waals surface area (Å²) >= 11 is 19.7. The summed E-state index contributed by atoms with van der Waals surface area (Å²) in [4.78, 5) is 6.71. The van der Waals surface area contributed by atoms with Crippen LogP contribution in [0.25, 0.3) is 0 Å². The molecular weight excluding hydrogens is 421 g/mol. The smallest absolute Gasteiger partial charge is 0.143 e. The van der Waals surface area contributed by atoms with Crippen molar-refractivity contribution in [3.63, 3.8) is 0 Å². The predicted molar refractivity (Wildman–Crippen MR) is 116 cm³/mol. The Morgan fingerprint density at radius 1 is 0.852 bits per heavy atom. The van der Waals surface area contributed by atoms with E-state index in [1.54, 1.807) is 23.9 Å². The summed E-state index contributed by atoms with van der Waals surface area (Å²) in [5.74, 6) is 0.667. The third-order valence-electron chi connectivity index (χ3n) is 3.71.